The van der Waals surface area contributed by atoms with Gasteiger partial charge in [0.05, 0.1) is 22.7 Å². The molecule has 4 rings (SSSR count). The molecule has 0 aliphatic carbocycles. The molecular weight excluding hydrogens is 657 g/mol. The van der Waals surface area contributed by atoms with E-state index in [1.54, 1.807) is 37.4 Å². The maximum Gasteiger partial charge on any atom is 0.264 e. The van der Waals surface area contributed by atoms with Crippen LogP contribution in [0.25, 0.3) is 0 Å². The molecule has 0 aliphatic rings. The maximum atomic E-state index is 14.6. The van der Waals surface area contributed by atoms with Gasteiger partial charge in [0.1, 0.15) is 18.3 Å². The van der Waals surface area contributed by atoms with Crippen molar-refractivity contribution in [3.05, 3.63) is 124 Å². The Labute approximate surface area is 287 Å². The molecule has 0 unspecified atom stereocenters. The first kappa shape index (κ1) is 35.8. The highest BCUT2D eigenvalue weighted by Crippen LogP contribution is 2.33. The van der Waals surface area contributed by atoms with E-state index in [2.05, 4.69) is 5.32 Å². The first-order chi connectivity index (χ1) is 22.5. The number of halogens is 2. The molecule has 0 saturated carbocycles. The van der Waals surface area contributed by atoms with Crippen molar-refractivity contribution >= 4 is 50.7 Å². The van der Waals surface area contributed by atoms with Crippen molar-refractivity contribution in [3.8, 4) is 5.75 Å². The van der Waals surface area contributed by atoms with Gasteiger partial charge in [-0.3, -0.25) is 13.9 Å². The van der Waals surface area contributed by atoms with Crippen molar-refractivity contribution in [1.29, 1.82) is 0 Å². The van der Waals surface area contributed by atoms with Crippen molar-refractivity contribution in [2.24, 2.45) is 0 Å². The van der Waals surface area contributed by atoms with Crippen LogP contribution in [-0.4, -0.2) is 51.4 Å². The highest BCUT2D eigenvalue weighted by atomic mass is 35.5. The van der Waals surface area contributed by atoms with Crippen LogP contribution in [0.3, 0.4) is 0 Å². The summed E-state index contributed by atoms with van der Waals surface area (Å²) in [4.78, 5) is 29.9. The van der Waals surface area contributed by atoms with Crippen LogP contribution < -0.4 is 14.4 Å². The van der Waals surface area contributed by atoms with E-state index in [0.29, 0.717) is 17.9 Å². The van der Waals surface area contributed by atoms with Crippen molar-refractivity contribution < 1.29 is 22.7 Å². The third kappa shape index (κ3) is 9.50. The molecule has 0 aromatic heterocycles. The molecule has 0 heterocycles. The minimum Gasteiger partial charge on any atom is -0.497 e. The molecule has 1 atom stereocenters. The number of carbonyl (C=O) groups is 2. The fourth-order valence-electron chi connectivity index (χ4n) is 5.06. The Balaban J connectivity index is 1.83. The number of aryl methyl sites for hydroxylation is 1. The van der Waals surface area contributed by atoms with Gasteiger partial charge < -0.3 is 15.0 Å². The van der Waals surface area contributed by atoms with Gasteiger partial charge in [-0.25, -0.2) is 8.42 Å². The fourth-order valence-corrected chi connectivity index (χ4v) is 6.92. The number of nitrogens with one attached hydrogen (secondary N) is 1. The van der Waals surface area contributed by atoms with Gasteiger partial charge in [0.15, 0.2) is 0 Å². The lowest BCUT2D eigenvalue weighted by molar-refractivity contribution is -0.140. The van der Waals surface area contributed by atoms with E-state index in [1.807, 2.05) is 50.2 Å². The minimum atomic E-state index is -4.32. The summed E-state index contributed by atoms with van der Waals surface area (Å²) < 4.78 is 34.8. The van der Waals surface area contributed by atoms with Crippen LogP contribution in [0, 0.1) is 6.92 Å². The highest BCUT2D eigenvalue weighted by molar-refractivity contribution is 7.92. The number of sulfonamides is 1. The number of rotatable bonds is 15. The SMILES string of the molecule is CCCCNC(=O)[C@H](Cc1ccccc1)N(Cc1cccc(OC)c1)C(=O)CN(c1cc(Cl)ccc1Cl)S(=O)(=O)c1ccc(C)cc1. The Hall–Kier alpha value is -4.05. The second-order valence-corrected chi connectivity index (χ2v) is 13.8. The van der Waals surface area contributed by atoms with Crippen LogP contribution >= 0.6 is 23.2 Å². The summed E-state index contributed by atoms with van der Waals surface area (Å²) in [6.45, 7) is 3.68. The standard InChI is InChI=1S/C36H39Cl2N3O5S/c1-4-5-20-39-36(43)34(22-27-10-7-6-8-11-27)40(24-28-12-9-13-30(21-28)46-3)35(42)25-41(33-23-29(37)16-19-32(33)38)47(44,45)31-17-14-26(2)15-18-31/h6-19,21,23,34H,4-5,20,22,24-25H2,1-3H3,(H,39,43)/t34-/m0/s1. The first-order valence-corrected chi connectivity index (χ1v) is 17.5. The summed E-state index contributed by atoms with van der Waals surface area (Å²) in [5, 5.41) is 3.32. The number of benzene rings is 4. The average molecular weight is 697 g/mol. The molecule has 11 heteroatoms. The van der Waals surface area contributed by atoms with Crippen molar-refractivity contribution in [2.75, 3.05) is 24.5 Å². The number of carbonyl (C=O) groups excluding carboxylic acids is 2. The van der Waals surface area contributed by atoms with Crippen molar-refractivity contribution in [1.82, 2.24) is 10.2 Å². The lowest BCUT2D eigenvalue weighted by Gasteiger charge is -2.34. The summed E-state index contributed by atoms with van der Waals surface area (Å²) in [5.41, 5.74) is 2.45. The van der Waals surface area contributed by atoms with Gasteiger partial charge in [0, 0.05) is 24.5 Å². The van der Waals surface area contributed by atoms with E-state index in [0.717, 1.165) is 28.3 Å². The van der Waals surface area contributed by atoms with Crippen molar-refractivity contribution in [2.45, 2.75) is 50.6 Å². The van der Waals surface area contributed by atoms with E-state index >= 15 is 0 Å². The second kappa shape index (κ2) is 16.7. The summed E-state index contributed by atoms with van der Waals surface area (Å²) >= 11 is 12.9. The van der Waals surface area contributed by atoms with Crippen LogP contribution in [0.4, 0.5) is 5.69 Å². The molecule has 0 saturated heterocycles. The number of methoxy groups -OCH3 is 1. The van der Waals surface area contributed by atoms with Crippen LogP contribution in [0.2, 0.25) is 10.0 Å². The monoisotopic (exact) mass is 695 g/mol. The van der Waals surface area contributed by atoms with Crippen LogP contribution in [0.5, 0.6) is 5.75 Å². The van der Waals surface area contributed by atoms with Gasteiger partial charge in [0.2, 0.25) is 11.8 Å². The Bertz CT molecular complexity index is 1770. The average Bonchev–Trinajstić information content (AvgIpc) is 3.07. The van der Waals surface area contributed by atoms with Gasteiger partial charge in [-0.15, -0.1) is 0 Å². The van der Waals surface area contributed by atoms with E-state index < -0.39 is 28.5 Å². The predicted molar refractivity (Wildman–Crippen MR) is 188 cm³/mol. The summed E-state index contributed by atoms with van der Waals surface area (Å²) in [7, 11) is -2.78. The Morgan fingerprint density at radius 2 is 1.60 bits per heavy atom. The molecule has 8 nitrogen and oxygen atoms in total. The Morgan fingerprint density at radius 3 is 2.28 bits per heavy atom. The molecule has 0 aliphatic heterocycles. The number of amides is 2. The molecule has 0 bridgehead atoms. The first-order valence-electron chi connectivity index (χ1n) is 15.3. The lowest BCUT2D eigenvalue weighted by Crippen LogP contribution is -2.53. The number of hydrogen-bond acceptors (Lipinski definition) is 5. The number of anilines is 1. The quantitative estimate of drug-likeness (QED) is 0.134. The molecule has 1 N–H and O–H groups in total. The summed E-state index contributed by atoms with van der Waals surface area (Å²) in [6, 6.07) is 26.4. The number of hydrogen-bond donors (Lipinski definition) is 1. The largest absolute Gasteiger partial charge is 0.497 e. The normalized spacial score (nSPS) is 11.9. The zero-order valence-corrected chi connectivity index (χ0v) is 29.0. The van der Waals surface area contributed by atoms with Gasteiger partial charge in [-0.05, 0) is 66.9 Å². The van der Waals surface area contributed by atoms with Crippen LogP contribution in [0.1, 0.15) is 36.5 Å². The number of ether oxygens (including phenoxy) is 1. The molecule has 4 aromatic carbocycles. The molecule has 0 spiro atoms. The van der Waals surface area contributed by atoms with Gasteiger partial charge >= 0.3 is 0 Å². The lowest BCUT2D eigenvalue weighted by atomic mass is 10.0. The number of unbranched alkanes of at least 4 members (excludes halogenated alkanes) is 1. The van der Waals surface area contributed by atoms with Crippen molar-refractivity contribution in [3.63, 3.8) is 0 Å². The molecule has 4 aromatic rings. The third-order valence-electron chi connectivity index (χ3n) is 7.65. The van der Waals surface area contributed by atoms with E-state index in [-0.39, 0.29) is 39.5 Å². The molecular formula is C36H39Cl2N3O5S. The van der Waals surface area contributed by atoms with Crippen LogP contribution in [0.15, 0.2) is 102 Å². The number of nitrogens with zero attached hydrogens (tertiary/aromatic N) is 2. The smallest absolute Gasteiger partial charge is 0.264 e. The maximum absolute atomic E-state index is 14.6. The molecule has 0 radical (unpaired) electrons. The Morgan fingerprint density at radius 1 is 0.894 bits per heavy atom. The van der Waals surface area contributed by atoms with Crippen LogP contribution in [-0.2, 0) is 32.6 Å². The molecule has 0 fully saturated rings. The van der Waals surface area contributed by atoms with E-state index in [9.17, 15) is 18.0 Å². The zero-order chi connectivity index (χ0) is 34.0. The zero-order valence-electron chi connectivity index (χ0n) is 26.7. The van der Waals surface area contributed by atoms with E-state index in [1.165, 1.54) is 35.2 Å². The predicted octanol–water partition coefficient (Wildman–Crippen LogP) is 7.06. The summed E-state index contributed by atoms with van der Waals surface area (Å²) in [6.07, 6.45) is 1.85. The molecule has 2 amide bonds. The van der Waals surface area contributed by atoms with Gasteiger partial charge in [0.25, 0.3) is 10.0 Å². The fraction of sp³-hybridized carbons (Fsp3) is 0.278. The molecule has 248 valence electrons. The topological polar surface area (TPSA) is 96.0 Å². The highest BCUT2D eigenvalue weighted by Gasteiger charge is 2.35. The summed E-state index contributed by atoms with van der Waals surface area (Å²) in [5.74, 6) is -0.366. The van der Waals surface area contributed by atoms with Gasteiger partial charge in [-0.2, -0.15) is 0 Å². The second-order valence-electron chi connectivity index (χ2n) is 11.1. The third-order valence-corrected chi connectivity index (χ3v) is 9.98. The Kier molecular flexibility index (Phi) is 12.7. The van der Waals surface area contributed by atoms with Gasteiger partial charge in [-0.1, -0.05) is 96.7 Å². The minimum absolute atomic E-state index is 0.0103. The van der Waals surface area contributed by atoms with E-state index in [4.69, 9.17) is 27.9 Å². The molecule has 47 heavy (non-hydrogen) atoms.